The first kappa shape index (κ1) is 13.5. The molecule has 0 saturated carbocycles. The van der Waals surface area contributed by atoms with Gasteiger partial charge in [0.1, 0.15) is 12.1 Å². The Labute approximate surface area is 121 Å². The number of aromatic nitrogens is 6. The summed E-state index contributed by atoms with van der Waals surface area (Å²) in [5.74, 6) is 0.768. The van der Waals surface area contributed by atoms with Crippen LogP contribution in [-0.4, -0.2) is 47.8 Å². The molecule has 3 heterocycles. The van der Waals surface area contributed by atoms with Gasteiger partial charge >= 0.3 is 0 Å². The van der Waals surface area contributed by atoms with E-state index < -0.39 is 0 Å². The minimum atomic E-state index is 0.0351. The molecule has 0 aromatic carbocycles. The molecule has 0 saturated heterocycles. The van der Waals surface area contributed by atoms with E-state index in [4.69, 9.17) is 5.11 Å². The van der Waals surface area contributed by atoms with E-state index >= 15 is 0 Å². The molecule has 0 amide bonds. The monoisotopic (exact) mass is 287 g/mol. The maximum absolute atomic E-state index is 9.00. The predicted molar refractivity (Wildman–Crippen MR) is 77.7 cm³/mol. The lowest BCUT2D eigenvalue weighted by molar-refractivity contribution is 0.271. The smallest absolute Gasteiger partial charge is 0.163 e. The second-order valence-corrected chi connectivity index (χ2v) is 4.60. The van der Waals surface area contributed by atoms with Crippen molar-refractivity contribution >= 4 is 16.9 Å². The van der Waals surface area contributed by atoms with Gasteiger partial charge in [-0.25, -0.2) is 14.6 Å². The summed E-state index contributed by atoms with van der Waals surface area (Å²) in [4.78, 5) is 8.47. The van der Waals surface area contributed by atoms with E-state index in [1.54, 1.807) is 17.1 Å². The minimum absolute atomic E-state index is 0.0351. The molecule has 2 N–H and O–H groups in total. The van der Waals surface area contributed by atoms with Crippen LogP contribution < -0.4 is 5.32 Å². The van der Waals surface area contributed by atoms with Gasteiger partial charge in [0.05, 0.1) is 24.7 Å². The molecule has 0 fully saturated rings. The van der Waals surface area contributed by atoms with E-state index in [1.807, 2.05) is 16.9 Å². The second-order valence-electron chi connectivity index (χ2n) is 4.60. The van der Waals surface area contributed by atoms with E-state index in [0.29, 0.717) is 6.54 Å². The summed E-state index contributed by atoms with van der Waals surface area (Å²) in [5, 5.41) is 21.5. The number of nitrogens with zero attached hydrogens (tertiary/aromatic N) is 6. The number of aryl methyl sites for hydroxylation is 1. The van der Waals surface area contributed by atoms with Crippen molar-refractivity contribution in [3.05, 3.63) is 31.0 Å². The Balaban J connectivity index is 1.64. The Morgan fingerprint density at radius 1 is 1.19 bits per heavy atom. The molecule has 0 aliphatic rings. The quantitative estimate of drug-likeness (QED) is 0.615. The van der Waals surface area contributed by atoms with Crippen molar-refractivity contribution in [2.45, 2.75) is 19.5 Å². The molecule has 0 aliphatic carbocycles. The van der Waals surface area contributed by atoms with Gasteiger partial charge in [-0.05, 0) is 12.5 Å². The average Bonchev–Trinajstić information content (AvgIpc) is 3.14. The van der Waals surface area contributed by atoms with Crippen LogP contribution in [0.15, 0.2) is 31.0 Å². The zero-order valence-electron chi connectivity index (χ0n) is 11.6. The lowest BCUT2D eigenvalue weighted by Gasteiger charge is -2.06. The fourth-order valence-electron chi connectivity index (χ4n) is 2.17. The summed E-state index contributed by atoms with van der Waals surface area (Å²) >= 11 is 0. The highest BCUT2D eigenvalue weighted by Crippen LogP contribution is 2.18. The van der Waals surface area contributed by atoms with Gasteiger partial charge in [-0.3, -0.25) is 4.68 Å². The molecule has 3 aromatic heterocycles. The van der Waals surface area contributed by atoms with Crippen molar-refractivity contribution < 1.29 is 5.11 Å². The predicted octanol–water partition coefficient (Wildman–Crippen LogP) is 0.517. The number of aliphatic hydroxyl groups excluding tert-OH is 1. The molecule has 0 radical (unpaired) electrons. The molecule has 0 aliphatic heterocycles. The van der Waals surface area contributed by atoms with Crippen molar-refractivity contribution in [2.75, 3.05) is 18.5 Å². The number of anilines is 1. The molecule has 3 aromatic rings. The van der Waals surface area contributed by atoms with E-state index in [2.05, 4.69) is 25.5 Å². The molecule has 3 rings (SSSR count). The van der Waals surface area contributed by atoms with Gasteiger partial charge < -0.3 is 10.4 Å². The first-order valence-electron chi connectivity index (χ1n) is 6.87. The van der Waals surface area contributed by atoms with Crippen LogP contribution in [0.25, 0.3) is 11.0 Å². The van der Waals surface area contributed by atoms with Gasteiger partial charge in [0.15, 0.2) is 5.65 Å². The van der Waals surface area contributed by atoms with Crippen molar-refractivity contribution in [3.63, 3.8) is 0 Å². The zero-order chi connectivity index (χ0) is 14.5. The van der Waals surface area contributed by atoms with Gasteiger partial charge in [-0.15, -0.1) is 0 Å². The summed E-state index contributed by atoms with van der Waals surface area (Å²) < 4.78 is 3.57. The van der Waals surface area contributed by atoms with Crippen LogP contribution in [0.4, 0.5) is 5.82 Å². The van der Waals surface area contributed by atoms with Gasteiger partial charge in [0, 0.05) is 25.5 Å². The van der Waals surface area contributed by atoms with Crippen LogP contribution in [-0.2, 0) is 13.1 Å². The first-order chi connectivity index (χ1) is 10.4. The highest BCUT2D eigenvalue weighted by atomic mass is 16.3. The Kier molecular flexibility index (Phi) is 4.06. The number of fused-ring (bicyclic) bond motifs is 1. The highest BCUT2D eigenvalue weighted by Gasteiger charge is 2.08. The molecule has 0 unspecified atom stereocenters. The third kappa shape index (κ3) is 3.00. The van der Waals surface area contributed by atoms with E-state index in [0.717, 1.165) is 36.4 Å². The third-order valence-corrected chi connectivity index (χ3v) is 3.16. The number of hydrogen-bond acceptors (Lipinski definition) is 6. The number of aliphatic hydroxyl groups is 1. The Hall–Kier alpha value is -2.48. The third-order valence-electron chi connectivity index (χ3n) is 3.16. The second kappa shape index (κ2) is 6.31. The van der Waals surface area contributed by atoms with Crippen molar-refractivity contribution in [1.82, 2.24) is 29.5 Å². The van der Waals surface area contributed by atoms with E-state index in [-0.39, 0.29) is 6.61 Å². The van der Waals surface area contributed by atoms with Crippen LogP contribution in [0, 0.1) is 0 Å². The van der Waals surface area contributed by atoms with Crippen LogP contribution >= 0.6 is 0 Å². The molecule has 8 heteroatoms. The molecule has 0 bridgehead atoms. The fourth-order valence-corrected chi connectivity index (χ4v) is 2.17. The molecule has 110 valence electrons. The molecular weight excluding hydrogens is 270 g/mol. The first-order valence-corrected chi connectivity index (χ1v) is 6.87. The summed E-state index contributed by atoms with van der Waals surface area (Å²) in [6.45, 7) is 2.11. The Bertz CT molecular complexity index is 692. The Morgan fingerprint density at radius 2 is 2.14 bits per heavy atom. The molecule has 8 nitrogen and oxygen atoms in total. The molecule has 0 spiro atoms. The van der Waals surface area contributed by atoms with Gasteiger partial charge in [-0.1, -0.05) is 0 Å². The molecule has 21 heavy (non-hydrogen) atoms. The normalized spacial score (nSPS) is 11.1. The van der Waals surface area contributed by atoms with E-state index in [9.17, 15) is 0 Å². The highest BCUT2D eigenvalue weighted by molar-refractivity contribution is 5.85. The van der Waals surface area contributed by atoms with Crippen LogP contribution in [0.2, 0.25) is 0 Å². The van der Waals surface area contributed by atoms with Gasteiger partial charge in [0.25, 0.3) is 0 Å². The maximum Gasteiger partial charge on any atom is 0.163 e. The van der Waals surface area contributed by atoms with Crippen LogP contribution in [0.5, 0.6) is 0 Å². The topological polar surface area (TPSA) is 93.7 Å². The lowest BCUT2D eigenvalue weighted by atomic mass is 10.3. The van der Waals surface area contributed by atoms with Gasteiger partial charge in [-0.2, -0.15) is 10.2 Å². The zero-order valence-corrected chi connectivity index (χ0v) is 11.6. The lowest BCUT2D eigenvalue weighted by Crippen LogP contribution is -2.09. The summed E-state index contributed by atoms with van der Waals surface area (Å²) in [7, 11) is 0. The number of hydrogen-bond donors (Lipinski definition) is 2. The summed E-state index contributed by atoms with van der Waals surface area (Å²) in [5.41, 5.74) is 0.730. The van der Waals surface area contributed by atoms with Crippen molar-refractivity contribution in [1.29, 1.82) is 0 Å². The minimum Gasteiger partial charge on any atom is -0.394 e. The maximum atomic E-state index is 9.00. The standard InChI is InChI=1S/C13H17N7O/c21-8-7-20-13-11(9-18-20)12(15-10-16-13)14-3-1-5-19-6-2-4-17-19/h2,4,6,9-10,21H,1,3,5,7-8H2,(H,14,15,16). The van der Waals surface area contributed by atoms with Crippen molar-refractivity contribution in [2.24, 2.45) is 0 Å². The van der Waals surface area contributed by atoms with E-state index in [1.165, 1.54) is 6.33 Å². The summed E-state index contributed by atoms with van der Waals surface area (Å²) in [6, 6.07) is 1.91. The number of nitrogens with one attached hydrogen (secondary N) is 1. The number of rotatable bonds is 7. The largest absolute Gasteiger partial charge is 0.394 e. The van der Waals surface area contributed by atoms with Crippen LogP contribution in [0.1, 0.15) is 6.42 Å². The Morgan fingerprint density at radius 3 is 2.95 bits per heavy atom. The molecule has 0 atom stereocenters. The van der Waals surface area contributed by atoms with Crippen LogP contribution in [0.3, 0.4) is 0 Å². The average molecular weight is 287 g/mol. The van der Waals surface area contributed by atoms with Crippen molar-refractivity contribution in [3.8, 4) is 0 Å². The summed E-state index contributed by atoms with van der Waals surface area (Å²) in [6.07, 6.45) is 7.89. The van der Waals surface area contributed by atoms with Gasteiger partial charge in [0.2, 0.25) is 0 Å². The SMILES string of the molecule is OCCn1ncc2c(NCCCn3cccn3)ncnc21. The fraction of sp³-hybridized carbons (Fsp3) is 0.385. The molecular formula is C13H17N7O.